The largest absolute Gasteiger partial charge is 0.497 e. The van der Waals surface area contributed by atoms with E-state index in [0.717, 1.165) is 12.8 Å². The Bertz CT molecular complexity index is 827. The molecule has 2 fully saturated rings. The predicted molar refractivity (Wildman–Crippen MR) is 106 cm³/mol. The molecule has 1 N–H and O–H groups in total. The highest BCUT2D eigenvalue weighted by atomic mass is 32.2. The van der Waals surface area contributed by atoms with Crippen LogP contribution in [0.1, 0.15) is 32.6 Å². The first-order valence-electron chi connectivity index (χ1n) is 9.91. The van der Waals surface area contributed by atoms with Gasteiger partial charge in [0, 0.05) is 19.1 Å². The zero-order valence-corrected chi connectivity index (χ0v) is 17.6. The van der Waals surface area contributed by atoms with Crippen molar-refractivity contribution in [2.24, 2.45) is 11.8 Å². The normalized spacial score (nSPS) is 19.4. The molecule has 1 heterocycles. The minimum atomic E-state index is -3.62. The van der Waals surface area contributed by atoms with Crippen LogP contribution >= 0.6 is 0 Å². The molecular weight excluding hydrogens is 396 g/mol. The van der Waals surface area contributed by atoms with Crippen molar-refractivity contribution in [2.45, 2.75) is 43.5 Å². The van der Waals surface area contributed by atoms with Gasteiger partial charge in [-0.3, -0.25) is 9.59 Å². The third kappa shape index (κ3) is 5.48. The minimum Gasteiger partial charge on any atom is -0.497 e. The van der Waals surface area contributed by atoms with Crippen molar-refractivity contribution in [3.63, 3.8) is 0 Å². The van der Waals surface area contributed by atoms with E-state index in [1.165, 1.54) is 23.5 Å². The quantitative estimate of drug-likeness (QED) is 0.636. The zero-order valence-electron chi connectivity index (χ0n) is 16.8. The van der Waals surface area contributed by atoms with E-state index in [4.69, 9.17) is 9.47 Å². The van der Waals surface area contributed by atoms with Gasteiger partial charge in [0.25, 0.3) is 5.91 Å². The van der Waals surface area contributed by atoms with Crippen LogP contribution < -0.4 is 10.1 Å². The number of esters is 1. The Morgan fingerprint density at radius 1 is 1.14 bits per heavy atom. The molecule has 3 rings (SSSR count). The van der Waals surface area contributed by atoms with Crippen LogP contribution in [-0.4, -0.2) is 57.4 Å². The molecule has 0 aromatic heterocycles. The van der Waals surface area contributed by atoms with E-state index in [2.05, 4.69) is 5.32 Å². The van der Waals surface area contributed by atoms with Gasteiger partial charge >= 0.3 is 5.97 Å². The molecule has 1 atom stereocenters. The topological polar surface area (TPSA) is 102 Å². The van der Waals surface area contributed by atoms with Gasteiger partial charge in [0.2, 0.25) is 10.0 Å². The van der Waals surface area contributed by atoms with Crippen LogP contribution in [0.3, 0.4) is 0 Å². The molecule has 8 nitrogen and oxygen atoms in total. The first kappa shape index (κ1) is 21.6. The van der Waals surface area contributed by atoms with Crippen molar-refractivity contribution in [1.29, 1.82) is 0 Å². The van der Waals surface area contributed by atoms with Crippen LogP contribution in [0, 0.1) is 11.8 Å². The first-order valence-corrected chi connectivity index (χ1v) is 11.4. The van der Waals surface area contributed by atoms with Gasteiger partial charge in [-0.1, -0.05) is 0 Å². The number of nitrogens with zero attached hydrogens (tertiary/aromatic N) is 1. The molecule has 1 saturated heterocycles. The molecule has 1 aliphatic carbocycles. The van der Waals surface area contributed by atoms with Gasteiger partial charge in [0.15, 0.2) is 6.61 Å². The summed E-state index contributed by atoms with van der Waals surface area (Å²) in [5.41, 5.74) is 0. The monoisotopic (exact) mass is 424 g/mol. The maximum atomic E-state index is 12.8. The fraction of sp³-hybridized carbons (Fsp3) is 0.600. The second-order valence-corrected chi connectivity index (χ2v) is 9.59. The zero-order chi connectivity index (χ0) is 21.0. The molecule has 29 heavy (non-hydrogen) atoms. The van der Waals surface area contributed by atoms with E-state index in [-0.39, 0.29) is 36.5 Å². The van der Waals surface area contributed by atoms with Gasteiger partial charge in [-0.2, -0.15) is 4.31 Å². The number of rotatable bonds is 8. The Kier molecular flexibility index (Phi) is 6.79. The lowest BCUT2D eigenvalue weighted by molar-refractivity contribution is -0.153. The molecule has 0 spiro atoms. The Hall–Kier alpha value is -2.13. The number of sulfonamides is 1. The van der Waals surface area contributed by atoms with Crippen LogP contribution in [0.25, 0.3) is 0 Å². The highest BCUT2D eigenvalue weighted by Crippen LogP contribution is 2.32. The van der Waals surface area contributed by atoms with Crippen molar-refractivity contribution in [3.05, 3.63) is 24.3 Å². The van der Waals surface area contributed by atoms with E-state index in [9.17, 15) is 18.0 Å². The van der Waals surface area contributed by atoms with E-state index in [1.54, 1.807) is 12.1 Å². The van der Waals surface area contributed by atoms with Gasteiger partial charge < -0.3 is 14.8 Å². The molecule has 9 heteroatoms. The van der Waals surface area contributed by atoms with Gasteiger partial charge in [-0.25, -0.2) is 8.42 Å². The third-order valence-corrected chi connectivity index (χ3v) is 7.46. The minimum absolute atomic E-state index is 0.104. The van der Waals surface area contributed by atoms with Crippen molar-refractivity contribution in [3.8, 4) is 5.75 Å². The Morgan fingerprint density at radius 2 is 1.76 bits per heavy atom. The predicted octanol–water partition coefficient (Wildman–Crippen LogP) is 1.55. The van der Waals surface area contributed by atoms with Crippen molar-refractivity contribution in [1.82, 2.24) is 9.62 Å². The smallest absolute Gasteiger partial charge is 0.309 e. The average Bonchev–Trinajstić information content (AvgIpc) is 3.57. The fourth-order valence-electron chi connectivity index (χ4n) is 3.49. The molecule has 1 aliphatic heterocycles. The van der Waals surface area contributed by atoms with Crippen LogP contribution in [-0.2, 0) is 24.3 Å². The lowest BCUT2D eigenvalue weighted by atomic mass is 9.98. The van der Waals surface area contributed by atoms with Crippen molar-refractivity contribution in [2.75, 3.05) is 26.8 Å². The van der Waals surface area contributed by atoms with E-state index >= 15 is 0 Å². The molecular formula is C20H28N2O6S. The van der Waals surface area contributed by atoms with E-state index < -0.39 is 21.9 Å². The number of piperidine rings is 1. The van der Waals surface area contributed by atoms with Crippen LogP contribution in [0.15, 0.2) is 29.2 Å². The number of amides is 1. The maximum Gasteiger partial charge on any atom is 0.309 e. The average molecular weight is 425 g/mol. The maximum absolute atomic E-state index is 12.8. The number of hydrogen-bond acceptors (Lipinski definition) is 6. The summed E-state index contributed by atoms with van der Waals surface area (Å²) in [4.78, 5) is 24.3. The summed E-state index contributed by atoms with van der Waals surface area (Å²) in [5.74, 6) is -0.0171. The summed E-state index contributed by atoms with van der Waals surface area (Å²) in [6.45, 7) is 2.13. The Labute approximate surface area is 171 Å². The molecule has 1 saturated carbocycles. The third-order valence-electron chi connectivity index (χ3n) is 5.55. The number of ether oxygens (including phenoxy) is 2. The van der Waals surface area contributed by atoms with Gasteiger partial charge in [0.05, 0.1) is 17.9 Å². The summed E-state index contributed by atoms with van der Waals surface area (Å²) in [5, 5.41) is 2.84. The Balaban J connectivity index is 1.46. The SMILES string of the molecule is COc1ccc(S(=O)(=O)N2CCC(C(=O)OCC(=O)NC(C)C3CC3)CC2)cc1. The van der Waals surface area contributed by atoms with E-state index in [1.807, 2.05) is 6.92 Å². The van der Waals surface area contributed by atoms with Gasteiger partial charge in [0.1, 0.15) is 5.75 Å². The number of hydrogen-bond donors (Lipinski definition) is 1. The van der Waals surface area contributed by atoms with Crippen LogP contribution in [0.2, 0.25) is 0 Å². The molecule has 0 radical (unpaired) electrons. The molecule has 160 valence electrons. The highest BCUT2D eigenvalue weighted by molar-refractivity contribution is 7.89. The first-order chi connectivity index (χ1) is 13.8. The summed E-state index contributed by atoms with van der Waals surface area (Å²) < 4.78 is 37.1. The lowest BCUT2D eigenvalue weighted by Crippen LogP contribution is -2.41. The summed E-state index contributed by atoms with van der Waals surface area (Å²) >= 11 is 0. The lowest BCUT2D eigenvalue weighted by Gasteiger charge is -2.30. The molecule has 1 aromatic rings. The van der Waals surface area contributed by atoms with Gasteiger partial charge in [-0.15, -0.1) is 0 Å². The van der Waals surface area contributed by atoms with Crippen molar-refractivity contribution < 1.29 is 27.5 Å². The standard InChI is InChI=1S/C20H28N2O6S/c1-14(15-3-4-15)21-19(23)13-28-20(24)16-9-11-22(12-10-16)29(25,26)18-7-5-17(27-2)6-8-18/h5-8,14-16H,3-4,9-13H2,1-2H3,(H,21,23). The molecule has 2 aliphatic rings. The van der Waals surface area contributed by atoms with Crippen molar-refractivity contribution >= 4 is 21.9 Å². The number of nitrogens with one attached hydrogen (secondary N) is 1. The van der Waals surface area contributed by atoms with Crippen LogP contribution in [0.5, 0.6) is 5.75 Å². The molecule has 1 amide bonds. The van der Waals surface area contributed by atoms with Crippen LogP contribution in [0.4, 0.5) is 0 Å². The highest BCUT2D eigenvalue weighted by Gasteiger charge is 2.33. The molecule has 0 bridgehead atoms. The number of carbonyl (C=O) groups excluding carboxylic acids is 2. The second-order valence-electron chi connectivity index (χ2n) is 7.66. The number of benzene rings is 1. The number of carbonyl (C=O) groups is 2. The Morgan fingerprint density at radius 3 is 2.31 bits per heavy atom. The van der Waals surface area contributed by atoms with E-state index in [0.29, 0.717) is 24.5 Å². The molecule has 1 aromatic carbocycles. The summed E-state index contributed by atoms with van der Waals surface area (Å²) in [7, 11) is -2.10. The van der Waals surface area contributed by atoms with Gasteiger partial charge in [-0.05, 0) is 62.8 Å². The summed E-state index contributed by atoms with van der Waals surface area (Å²) in [6, 6.07) is 6.33. The fourth-order valence-corrected chi connectivity index (χ4v) is 4.96. The molecule has 1 unspecified atom stereocenters. The second kappa shape index (κ2) is 9.13. The number of methoxy groups -OCH3 is 1. The summed E-state index contributed by atoms with van der Waals surface area (Å²) in [6.07, 6.45) is 2.99.